The maximum atomic E-state index is 2.56. The van der Waals surface area contributed by atoms with E-state index in [2.05, 4.69) is 259 Å². The number of fused-ring (bicyclic) bond motifs is 8. The standard InChI is InChI=1S/C72H56N2S2/c1-41-13-9-17-51(31-41)73(52-18-10-14-42(2)32-52)55-21-23-57-63-39-61-60(50-29-47(7)26-48(8)30-50)38-66-70-62(59(49-27-45(5)25-46(6)28-49)37-65(69(61)70)71(63)75-67(57)35-55)40-64-58-24-22-56(36-68(58)76-72(64)66)74(53-19-11-15-43(3)33-53)54-20-12-16-44(4)34-54/h9-40H,1-8H3. The second-order valence-electron chi connectivity index (χ2n) is 21.6. The summed E-state index contributed by atoms with van der Waals surface area (Å²) in [6, 6.07) is 74.2. The molecular formula is C72H56N2S2. The van der Waals surface area contributed by atoms with E-state index in [4.69, 9.17) is 0 Å². The molecule has 0 fully saturated rings. The lowest BCUT2D eigenvalue weighted by Gasteiger charge is -2.26. The molecule has 0 N–H and O–H groups in total. The molecule has 2 heterocycles. The van der Waals surface area contributed by atoms with Crippen LogP contribution in [0.5, 0.6) is 0 Å². The first kappa shape index (κ1) is 46.3. The molecule has 4 heteroatoms. The van der Waals surface area contributed by atoms with Crippen LogP contribution in [-0.2, 0) is 0 Å². The van der Waals surface area contributed by atoms with Crippen molar-refractivity contribution in [2.45, 2.75) is 55.4 Å². The lowest BCUT2D eigenvalue weighted by molar-refractivity contribution is 1.26. The van der Waals surface area contributed by atoms with Crippen molar-refractivity contribution < 1.29 is 0 Å². The van der Waals surface area contributed by atoms with Gasteiger partial charge < -0.3 is 9.80 Å². The van der Waals surface area contributed by atoms with E-state index in [9.17, 15) is 0 Å². The second-order valence-corrected chi connectivity index (χ2v) is 23.7. The Morgan fingerprint density at radius 3 is 0.908 bits per heavy atom. The predicted octanol–water partition coefficient (Wildman–Crippen LogP) is 22.1. The number of rotatable bonds is 8. The molecule has 0 aliphatic rings. The van der Waals surface area contributed by atoms with Crippen molar-refractivity contribution in [1.29, 1.82) is 0 Å². The fourth-order valence-electron chi connectivity index (χ4n) is 12.5. The minimum Gasteiger partial charge on any atom is -0.310 e. The first-order valence-corrected chi connectivity index (χ1v) is 28.1. The highest BCUT2D eigenvalue weighted by molar-refractivity contribution is 7.27. The van der Waals surface area contributed by atoms with Gasteiger partial charge in [0.15, 0.2) is 0 Å². The van der Waals surface area contributed by atoms with Crippen LogP contribution in [0, 0.1) is 55.4 Å². The second kappa shape index (κ2) is 17.7. The number of aryl methyl sites for hydroxylation is 8. The summed E-state index contributed by atoms with van der Waals surface area (Å²) in [6.45, 7) is 17.7. The van der Waals surface area contributed by atoms with Crippen LogP contribution in [0.3, 0.4) is 0 Å². The highest BCUT2D eigenvalue weighted by Crippen LogP contribution is 2.54. The number of thiophene rings is 2. The predicted molar refractivity (Wildman–Crippen MR) is 334 cm³/mol. The Morgan fingerprint density at radius 2 is 0.579 bits per heavy atom. The summed E-state index contributed by atoms with van der Waals surface area (Å²) < 4.78 is 5.22. The number of nitrogens with zero attached hydrogens (tertiary/aromatic N) is 2. The SMILES string of the molecule is Cc1cc(C)cc(-c2cc3c4sc5cc(N(c6cccc(C)c6)c6cccc(C)c6)ccc5c4cc4c(-c5cc(C)cc(C)c5)cc5c6sc7cc(N(c8cccc(C)c8)c8cccc(C)c8)ccc7c6cc2c5c43)c1. The molecule has 0 radical (unpaired) electrons. The fourth-order valence-corrected chi connectivity index (χ4v) is 15.0. The molecular weight excluding hydrogens is 957 g/mol. The van der Waals surface area contributed by atoms with E-state index >= 15 is 0 Å². The topological polar surface area (TPSA) is 6.48 Å². The van der Waals surface area contributed by atoms with Crippen LogP contribution in [0.15, 0.2) is 194 Å². The van der Waals surface area contributed by atoms with E-state index in [0.717, 1.165) is 34.1 Å². The van der Waals surface area contributed by atoms with Crippen LogP contribution in [-0.4, -0.2) is 0 Å². The highest BCUT2D eigenvalue weighted by atomic mass is 32.1. The number of anilines is 6. The molecule has 0 saturated heterocycles. The minimum absolute atomic E-state index is 1.15. The van der Waals surface area contributed by atoms with E-state index < -0.39 is 0 Å². The van der Waals surface area contributed by atoms with Gasteiger partial charge in [0, 0.05) is 85.2 Å². The first-order chi connectivity index (χ1) is 36.9. The summed E-state index contributed by atoms with van der Waals surface area (Å²) in [7, 11) is 0. The third-order valence-electron chi connectivity index (χ3n) is 15.6. The minimum atomic E-state index is 1.15. The molecule has 0 aliphatic carbocycles. The van der Waals surface area contributed by atoms with E-state index in [1.807, 2.05) is 22.7 Å². The third-order valence-corrected chi connectivity index (χ3v) is 18.0. The summed E-state index contributed by atoms with van der Waals surface area (Å²) in [4.78, 5) is 4.84. The summed E-state index contributed by atoms with van der Waals surface area (Å²) in [5.41, 5.74) is 22.1. The van der Waals surface area contributed by atoms with E-state index in [-0.39, 0.29) is 0 Å². The molecule has 366 valence electrons. The Bertz CT molecular complexity index is 4270. The zero-order valence-electron chi connectivity index (χ0n) is 44.2. The highest BCUT2D eigenvalue weighted by Gasteiger charge is 2.25. The summed E-state index contributed by atoms with van der Waals surface area (Å²) in [5.74, 6) is 0. The summed E-state index contributed by atoms with van der Waals surface area (Å²) in [5, 5.41) is 13.1. The zero-order valence-corrected chi connectivity index (χ0v) is 45.8. The molecule has 0 unspecified atom stereocenters. The van der Waals surface area contributed by atoms with Gasteiger partial charge in [0.05, 0.1) is 0 Å². The van der Waals surface area contributed by atoms with Crippen molar-refractivity contribution >= 4 is 129 Å². The molecule has 0 bridgehead atoms. The largest absolute Gasteiger partial charge is 0.310 e. The van der Waals surface area contributed by atoms with Gasteiger partial charge in [-0.1, -0.05) is 119 Å². The van der Waals surface area contributed by atoms with Crippen molar-refractivity contribution in [1.82, 2.24) is 0 Å². The van der Waals surface area contributed by atoms with E-state index in [1.165, 1.54) is 139 Å². The fraction of sp³-hybridized carbons (Fsp3) is 0.111. The third kappa shape index (κ3) is 7.65. The van der Waals surface area contributed by atoms with Gasteiger partial charge in [0.25, 0.3) is 0 Å². The molecule has 0 aliphatic heterocycles. The molecule has 0 saturated carbocycles. The monoisotopic (exact) mass is 1010 g/mol. The van der Waals surface area contributed by atoms with Gasteiger partial charge in [0.1, 0.15) is 0 Å². The normalized spacial score (nSPS) is 11.9. The Balaban J connectivity index is 1.09. The van der Waals surface area contributed by atoms with E-state index in [0.29, 0.717) is 0 Å². The van der Waals surface area contributed by atoms with Crippen LogP contribution in [0.4, 0.5) is 34.1 Å². The van der Waals surface area contributed by atoms with Gasteiger partial charge >= 0.3 is 0 Å². The molecule has 0 spiro atoms. The van der Waals surface area contributed by atoms with Crippen molar-refractivity contribution in [2.75, 3.05) is 9.80 Å². The molecule has 14 aromatic rings. The van der Waals surface area contributed by atoms with Gasteiger partial charge in [-0.2, -0.15) is 0 Å². The van der Waals surface area contributed by atoms with Crippen LogP contribution in [0.2, 0.25) is 0 Å². The van der Waals surface area contributed by atoms with Gasteiger partial charge in [0.2, 0.25) is 0 Å². The molecule has 14 rings (SSSR count). The molecule has 76 heavy (non-hydrogen) atoms. The average molecular weight is 1010 g/mol. The molecule has 0 amide bonds. The van der Waals surface area contributed by atoms with Gasteiger partial charge in [-0.05, 0) is 219 Å². The van der Waals surface area contributed by atoms with Crippen molar-refractivity contribution in [2.24, 2.45) is 0 Å². The molecule has 12 aromatic carbocycles. The number of benzene rings is 12. The Hall–Kier alpha value is -8.28. The van der Waals surface area contributed by atoms with Crippen LogP contribution < -0.4 is 9.80 Å². The first-order valence-electron chi connectivity index (χ1n) is 26.4. The zero-order chi connectivity index (χ0) is 51.7. The Labute approximate surface area is 452 Å². The van der Waals surface area contributed by atoms with Crippen molar-refractivity contribution in [3.8, 4) is 22.3 Å². The molecule has 0 atom stereocenters. The van der Waals surface area contributed by atoms with Crippen LogP contribution >= 0.6 is 22.7 Å². The Kier molecular flexibility index (Phi) is 10.8. The molecule has 2 nitrogen and oxygen atoms in total. The van der Waals surface area contributed by atoms with Crippen molar-refractivity contribution in [3.63, 3.8) is 0 Å². The number of hydrogen-bond donors (Lipinski definition) is 0. The maximum Gasteiger partial charge on any atom is 0.0476 e. The van der Waals surface area contributed by atoms with Gasteiger partial charge in [-0.15, -0.1) is 22.7 Å². The quantitative estimate of drug-likeness (QED) is 0.140. The maximum absolute atomic E-state index is 2.56. The van der Waals surface area contributed by atoms with Gasteiger partial charge in [-0.25, -0.2) is 0 Å². The Morgan fingerprint density at radius 1 is 0.250 bits per heavy atom. The summed E-state index contributed by atoms with van der Waals surface area (Å²) >= 11 is 3.88. The number of hydrogen-bond acceptors (Lipinski definition) is 4. The lowest BCUT2D eigenvalue weighted by Crippen LogP contribution is -2.10. The van der Waals surface area contributed by atoms with Crippen LogP contribution in [0.25, 0.3) is 94.9 Å². The van der Waals surface area contributed by atoms with E-state index in [1.54, 1.807) is 0 Å². The summed E-state index contributed by atoms with van der Waals surface area (Å²) in [6.07, 6.45) is 0. The lowest BCUT2D eigenvalue weighted by atomic mass is 9.83. The van der Waals surface area contributed by atoms with Gasteiger partial charge in [-0.3, -0.25) is 0 Å². The smallest absolute Gasteiger partial charge is 0.0476 e. The average Bonchev–Trinajstić information content (AvgIpc) is 4.09. The van der Waals surface area contributed by atoms with Crippen LogP contribution in [0.1, 0.15) is 44.5 Å². The molecule has 2 aromatic heterocycles. The van der Waals surface area contributed by atoms with Crippen molar-refractivity contribution in [3.05, 3.63) is 239 Å².